The monoisotopic (exact) mass is 430 g/mol. The fourth-order valence-corrected chi connectivity index (χ4v) is 1.87. The highest BCUT2D eigenvalue weighted by atomic mass is 127. The van der Waals surface area contributed by atoms with E-state index in [4.69, 9.17) is 4.74 Å². The van der Waals surface area contributed by atoms with Gasteiger partial charge in [0, 0.05) is 19.8 Å². The molecule has 1 aromatic carbocycles. The Balaban J connectivity index is 0.00000264. The molecular weight excluding hydrogens is 410 g/mol. The zero-order valence-electron chi connectivity index (χ0n) is 13.0. The van der Waals surface area contributed by atoms with E-state index in [1.807, 2.05) is 24.3 Å². The molecule has 5 nitrogen and oxygen atoms in total. The number of hydrogen-bond donors (Lipinski definition) is 2. The lowest BCUT2D eigenvalue weighted by Gasteiger charge is -2.12. The minimum Gasteiger partial charge on any atom is -0.497 e. The topological polar surface area (TPSA) is 58.5 Å². The number of aliphatic imine (C=N–C) groups is 1. The highest BCUT2D eigenvalue weighted by molar-refractivity contribution is 14.0. The second-order valence-electron chi connectivity index (χ2n) is 4.56. The molecule has 0 atom stereocenters. The summed E-state index contributed by atoms with van der Waals surface area (Å²) in [6, 6.07) is 10.7. The van der Waals surface area contributed by atoms with E-state index in [2.05, 4.69) is 20.6 Å². The van der Waals surface area contributed by atoms with E-state index in [0.29, 0.717) is 18.2 Å². The van der Waals surface area contributed by atoms with E-state index < -0.39 is 0 Å². The highest BCUT2D eigenvalue weighted by Gasteiger charge is 2.04. The number of rotatable bonds is 5. The molecule has 0 bridgehead atoms. The number of hydrogen-bond acceptors (Lipinski definition) is 3. The van der Waals surface area contributed by atoms with Crippen LogP contribution in [0.5, 0.6) is 5.75 Å². The Morgan fingerprint density at radius 1 is 1.17 bits per heavy atom. The van der Waals surface area contributed by atoms with Crippen molar-refractivity contribution in [2.45, 2.75) is 13.1 Å². The fraction of sp³-hybridized carbons (Fsp3) is 0.250. The molecule has 7 heteroatoms. The van der Waals surface area contributed by atoms with Gasteiger partial charge >= 0.3 is 0 Å². The Kier molecular flexibility index (Phi) is 8.31. The van der Waals surface area contributed by atoms with Crippen LogP contribution in [0.1, 0.15) is 11.3 Å². The second-order valence-corrected chi connectivity index (χ2v) is 4.56. The zero-order valence-corrected chi connectivity index (χ0v) is 15.4. The maximum Gasteiger partial charge on any atom is 0.191 e. The van der Waals surface area contributed by atoms with Crippen molar-refractivity contribution in [3.8, 4) is 5.75 Å². The van der Waals surface area contributed by atoms with Gasteiger partial charge in [0.2, 0.25) is 0 Å². The number of aromatic nitrogens is 1. The zero-order chi connectivity index (χ0) is 15.8. The number of ether oxygens (including phenoxy) is 1. The summed E-state index contributed by atoms with van der Waals surface area (Å²) < 4.78 is 18.6. The molecule has 0 aliphatic heterocycles. The minimum atomic E-state index is -0.333. The maximum atomic E-state index is 13.5. The number of halogens is 2. The molecule has 23 heavy (non-hydrogen) atoms. The summed E-state index contributed by atoms with van der Waals surface area (Å²) >= 11 is 0. The number of benzene rings is 1. The molecule has 0 unspecified atom stereocenters. The normalized spacial score (nSPS) is 10.7. The first-order chi connectivity index (χ1) is 10.7. The average molecular weight is 430 g/mol. The summed E-state index contributed by atoms with van der Waals surface area (Å²) in [5, 5.41) is 6.19. The summed E-state index contributed by atoms with van der Waals surface area (Å²) in [6.45, 7) is 0.878. The molecule has 2 aromatic rings. The molecule has 0 aliphatic carbocycles. The van der Waals surface area contributed by atoms with Gasteiger partial charge in [-0.25, -0.2) is 4.39 Å². The third-order valence-electron chi connectivity index (χ3n) is 3.10. The van der Waals surface area contributed by atoms with Gasteiger partial charge in [-0.3, -0.25) is 9.98 Å². The summed E-state index contributed by atoms with van der Waals surface area (Å²) in [4.78, 5) is 8.09. The fourth-order valence-electron chi connectivity index (χ4n) is 1.87. The van der Waals surface area contributed by atoms with Gasteiger partial charge in [0.25, 0.3) is 0 Å². The second kappa shape index (κ2) is 9.98. The standard InChI is InChI=1S/C16H19FN4O.HI/c1-18-16(21-11-15-14(17)4-3-9-19-15)20-10-12-5-7-13(22-2)8-6-12;/h3-9H,10-11H2,1-2H3,(H2,18,20,21);1H. The summed E-state index contributed by atoms with van der Waals surface area (Å²) in [7, 11) is 3.30. The van der Waals surface area contributed by atoms with E-state index in [-0.39, 0.29) is 36.3 Å². The van der Waals surface area contributed by atoms with Crippen LogP contribution in [-0.2, 0) is 13.1 Å². The van der Waals surface area contributed by atoms with Crippen LogP contribution >= 0.6 is 24.0 Å². The molecule has 1 heterocycles. The van der Waals surface area contributed by atoms with Crippen molar-refractivity contribution in [1.82, 2.24) is 15.6 Å². The van der Waals surface area contributed by atoms with Crippen molar-refractivity contribution in [2.24, 2.45) is 4.99 Å². The molecule has 0 amide bonds. The molecule has 0 saturated carbocycles. The Labute approximate surface area is 152 Å². The van der Waals surface area contributed by atoms with Crippen LogP contribution in [0.2, 0.25) is 0 Å². The highest BCUT2D eigenvalue weighted by Crippen LogP contribution is 2.10. The van der Waals surface area contributed by atoms with Crippen LogP contribution in [-0.4, -0.2) is 25.1 Å². The van der Waals surface area contributed by atoms with Crippen molar-refractivity contribution in [1.29, 1.82) is 0 Å². The molecule has 1 aromatic heterocycles. The van der Waals surface area contributed by atoms with Crippen molar-refractivity contribution in [2.75, 3.05) is 14.2 Å². The Morgan fingerprint density at radius 2 is 1.87 bits per heavy atom. The van der Waals surface area contributed by atoms with Crippen molar-refractivity contribution >= 4 is 29.9 Å². The number of methoxy groups -OCH3 is 1. The van der Waals surface area contributed by atoms with Crippen molar-refractivity contribution in [3.05, 3.63) is 59.7 Å². The van der Waals surface area contributed by atoms with Crippen LogP contribution in [0.15, 0.2) is 47.6 Å². The van der Waals surface area contributed by atoms with Gasteiger partial charge < -0.3 is 15.4 Å². The first kappa shape index (κ1) is 19.1. The molecular formula is C16H20FIN4O. The molecule has 0 spiro atoms. The van der Waals surface area contributed by atoms with Gasteiger partial charge in [0.1, 0.15) is 11.6 Å². The van der Waals surface area contributed by atoms with Gasteiger partial charge in [-0.1, -0.05) is 12.1 Å². The van der Waals surface area contributed by atoms with Crippen molar-refractivity contribution < 1.29 is 9.13 Å². The minimum absolute atomic E-state index is 0. The third-order valence-corrected chi connectivity index (χ3v) is 3.10. The van der Waals surface area contributed by atoms with Crippen LogP contribution in [0.3, 0.4) is 0 Å². The Morgan fingerprint density at radius 3 is 2.48 bits per heavy atom. The number of guanidine groups is 1. The largest absolute Gasteiger partial charge is 0.497 e. The average Bonchev–Trinajstić information content (AvgIpc) is 2.57. The molecule has 0 aliphatic rings. The predicted molar refractivity (Wildman–Crippen MR) is 99.6 cm³/mol. The molecule has 2 rings (SSSR count). The van der Waals surface area contributed by atoms with Gasteiger partial charge in [0.15, 0.2) is 5.96 Å². The van der Waals surface area contributed by atoms with Crippen LogP contribution in [0.4, 0.5) is 4.39 Å². The van der Waals surface area contributed by atoms with Crippen molar-refractivity contribution in [3.63, 3.8) is 0 Å². The van der Waals surface area contributed by atoms with Gasteiger partial charge in [-0.2, -0.15) is 0 Å². The van der Waals surface area contributed by atoms with E-state index in [0.717, 1.165) is 11.3 Å². The van der Waals surface area contributed by atoms with E-state index in [9.17, 15) is 4.39 Å². The summed E-state index contributed by atoms with van der Waals surface area (Å²) in [5.74, 6) is 1.07. The number of nitrogens with zero attached hydrogens (tertiary/aromatic N) is 2. The molecule has 124 valence electrons. The Bertz CT molecular complexity index is 634. The van der Waals surface area contributed by atoms with E-state index in [1.165, 1.54) is 6.07 Å². The lowest BCUT2D eigenvalue weighted by Crippen LogP contribution is -2.36. The van der Waals surface area contributed by atoms with Gasteiger partial charge in [-0.05, 0) is 29.8 Å². The van der Waals surface area contributed by atoms with Gasteiger partial charge in [-0.15, -0.1) is 24.0 Å². The number of nitrogens with one attached hydrogen (secondary N) is 2. The maximum absolute atomic E-state index is 13.5. The summed E-state index contributed by atoms with van der Waals surface area (Å²) in [6.07, 6.45) is 1.56. The lowest BCUT2D eigenvalue weighted by molar-refractivity contribution is 0.414. The number of pyridine rings is 1. The first-order valence-corrected chi connectivity index (χ1v) is 6.89. The van der Waals surface area contributed by atoms with Crippen LogP contribution in [0.25, 0.3) is 0 Å². The van der Waals surface area contributed by atoms with Crippen LogP contribution in [0, 0.1) is 5.82 Å². The molecule has 0 radical (unpaired) electrons. The van der Waals surface area contributed by atoms with E-state index in [1.54, 1.807) is 26.4 Å². The smallest absolute Gasteiger partial charge is 0.191 e. The third kappa shape index (κ3) is 6.01. The molecule has 0 fully saturated rings. The summed E-state index contributed by atoms with van der Waals surface area (Å²) in [5.41, 5.74) is 1.45. The quantitative estimate of drug-likeness (QED) is 0.435. The molecule has 0 saturated heterocycles. The lowest BCUT2D eigenvalue weighted by atomic mass is 10.2. The first-order valence-electron chi connectivity index (χ1n) is 6.89. The molecule has 2 N–H and O–H groups in total. The van der Waals surface area contributed by atoms with Gasteiger partial charge in [0.05, 0.1) is 19.3 Å². The van der Waals surface area contributed by atoms with Crippen LogP contribution < -0.4 is 15.4 Å². The SMILES string of the molecule is CN=C(NCc1ccc(OC)cc1)NCc1ncccc1F.I. The van der Waals surface area contributed by atoms with E-state index >= 15 is 0 Å². The predicted octanol–water partition coefficient (Wildman–Crippen LogP) is 2.71. The Hall–Kier alpha value is -1.90.